The minimum Gasteiger partial charge on any atom is -0.355 e. The van der Waals surface area contributed by atoms with Crippen LogP contribution in [0.1, 0.15) is 25.0 Å². The van der Waals surface area contributed by atoms with Crippen molar-refractivity contribution in [2.45, 2.75) is 33.2 Å². The highest BCUT2D eigenvalue weighted by Gasteiger charge is 2.29. The quantitative estimate of drug-likeness (QED) is 0.567. The number of nitrogens with zero attached hydrogens (tertiary/aromatic N) is 2. The predicted octanol–water partition coefficient (Wildman–Crippen LogP) is 3.01. The van der Waals surface area contributed by atoms with Crippen molar-refractivity contribution in [3.63, 3.8) is 0 Å². The summed E-state index contributed by atoms with van der Waals surface area (Å²) in [5, 5.41) is 3.13. The van der Waals surface area contributed by atoms with Gasteiger partial charge in [-0.25, -0.2) is 8.42 Å². The first-order valence-corrected chi connectivity index (χ1v) is 12.6. The molecule has 32 heavy (non-hydrogen) atoms. The van der Waals surface area contributed by atoms with Crippen LogP contribution in [0, 0.1) is 6.92 Å². The minimum absolute atomic E-state index is 0.271. The molecule has 1 N–H and O–H groups in total. The number of benzene rings is 2. The molecule has 0 radical (unpaired) electrons. The Balaban J connectivity index is 2.31. The fourth-order valence-corrected chi connectivity index (χ4v) is 4.26. The third-order valence-electron chi connectivity index (χ3n) is 5.13. The maximum Gasteiger partial charge on any atom is 0.244 e. The third kappa shape index (κ3) is 6.97. The van der Waals surface area contributed by atoms with E-state index in [9.17, 15) is 18.0 Å². The lowest BCUT2D eigenvalue weighted by Gasteiger charge is -2.31. The molecule has 0 saturated heterocycles. The first-order valence-electron chi connectivity index (χ1n) is 10.4. The largest absolute Gasteiger partial charge is 0.355 e. The molecule has 2 rings (SSSR count). The summed E-state index contributed by atoms with van der Waals surface area (Å²) in [5.74, 6) is -0.764. The van der Waals surface area contributed by atoms with E-state index in [0.29, 0.717) is 23.7 Å². The number of amides is 2. The summed E-state index contributed by atoms with van der Waals surface area (Å²) in [6, 6.07) is 13.7. The fourth-order valence-electron chi connectivity index (χ4n) is 3.24. The van der Waals surface area contributed by atoms with E-state index < -0.39 is 28.5 Å². The van der Waals surface area contributed by atoms with Crippen LogP contribution in [-0.2, 0) is 26.0 Å². The van der Waals surface area contributed by atoms with E-state index in [1.165, 1.54) is 11.0 Å². The average molecular weight is 480 g/mol. The Morgan fingerprint density at radius 1 is 1.12 bits per heavy atom. The molecule has 1 atom stereocenters. The molecule has 0 spiro atoms. The maximum absolute atomic E-state index is 13.3. The van der Waals surface area contributed by atoms with Crippen LogP contribution in [0.25, 0.3) is 0 Å². The molecule has 0 aliphatic heterocycles. The lowest BCUT2D eigenvalue weighted by atomic mass is 10.1. The molecule has 0 fully saturated rings. The predicted molar refractivity (Wildman–Crippen MR) is 128 cm³/mol. The van der Waals surface area contributed by atoms with Crippen LogP contribution in [0.3, 0.4) is 0 Å². The normalized spacial score (nSPS) is 12.2. The summed E-state index contributed by atoms with van der Waals surface area (Å²) in [6.45, 7) is 5.52. The molecule has 0 aromatic heterocycles. The molecule has 0 aliphatic carbocycles. The lowest BCUT2D eigenvalue weighted by molar-refractivity contribution is -0.138. The highest BCUT2D eigenvalue weighted by Crippen LogP contribution is 2.25. The molecule has 0 saturated carbocycles. The summed E-state index contributed by atoms with van der Waals surface area (Å²) in [6.07, 6.45) is 1.57. The SMILES string of the molecule is CCNC(=O)[C@H](C)N(CCc1ccccc1)C(=O)CN(c1ccc(C)c(Cl)c1)S(C)(=O)=O. The highest BCUT2D eigenvalue weighted by atomic mass is 35.5. The number of rotatable bonds is 10. The van der Waals surface area contributed by atoms with Crippen molar-refractivity contribution in [2.75, 3.05) is 30.2 Å². The third-order valence-corrected chi connectivity index (χ3v) is 6.67. The molecule has 0 aliphatic rings. The first-order chi connectivity index (χ1) is 15.0. The van der Waals surface area contributed by atoms with Crippen LogP contribution < -0.4 is 9.62 Å². The molecule has 0 unspecified atom stereocenters. The van der Waals surface area contributed by atoms with Crippen molar-refractivity contribution in [1.82, 2.24) is 10.2 Å². The van der Waals surface area contributed by atoms with Gasteiger partial charge in [0.2, 0.25) is 21.8 Å². The van der Waals surface area contributed by atoms with Crippen LogP contribution in [-0.4, -0.2) is 57.1 Å². The van der Waals surface area contributed by atoms with Crippen LogP contribution in [0.15, 0.2) is 48.5 Å². The number of hydrogen-bond acceptors (Lipinski definition) is 4. The number of hydrogen-bond donors (Lipinski definition) is 1. The van der Waals surface area contributed by atoms with Crippen LogP contribution in [0.4, 0.5) is 5.69 Å². The molecule has 0 bridgehead atoms. The zero-order chi connectivity index (χ0) is 23.9. The molecule has 2 aromatic carbocycles. The van der Waals surface area contributed by atoms with Crippen molar-refractivity contribution in [2.24, 2.45) is 0 Å². The van der Waals surface area contributed by atoms with Crippen molar-refractivity contribution < 1.29 is 18.0 Å². The molecule has 7 nitrogen and oxygen atoms in total. The monoisotopic (exact) mass is 479 g/mol. The van der Waals surface area contributed by atoms with Gasteiger partial charge < -0.3 is 10.2 Å². The number of anilines is 1. The number of carbonyl (C=O) groups excluding carboxylic acids is 2. The second kappa shape index (κ2) is 11.3. The van der Waals surface area contributed by atoms with Crippen LogP contribution >= 0.6 is 11.6 Å². The van der Waals surface area contributed by atoms with Gasteiger partial charge in [-0.15, -0.1) is 0 Å². The van der Waals surface area contributed by atoms with Gasteiger partial charge in [0.1, 0.15) is 12.6 Å². The lowest BCUT2D eigenvalue weighted by Crippen LogP contribution is -2.52. The Bertz CT molecular complexity index is 1040. The van der Waals surface area contributed by atoms with Gasteiger partial charge in [-0.05, 0) is 50.5 Å². The van der Waals surface area contributed by atoms with E-state index >= 15 is 0 Å². The summed E-state index contributed by atoms with van der Waals surface area (Å²) < 4.78 is 26.0. The van der Waals surface area contributed by atoms with Gasteiger partial charge in [0.25, 0.3) is 0 Å². The smallest absolute Gasteiger partial charge is 0.244 e. The standard InChI is InChI=1S/C23H30ClN3O4S/c1-5-25-23(29)18(3)26(14-13-19-9-7-6-8-10-19)22(28)16-27(32(4,30)31)20-12-11-17(2)21(24)15-20/h6-12,15,18H,5,13-14,16H2,1-4H3,(H,25,29)/t18-/m0/s1. The van der Waals surface area contributed by atoms with Gasteiger partial charge in [0.05, 0.1) is 11.9 Å². The number of carbonyl (C=O) groups is 2. The number of aryl methyl sites for hydroxylation is 1. The summed E-state index contributed by atoms with van der Waals surface area (Å²) in [4.78, 5) is 27.2. The van der Waals surface area contributed by atoms with E-state index in [1.807, 2.05) is 30.3 Å². The van der Waals surface area contributed by atoms with Gasteiger partial charge in [0, 0.05) is 18.1 Å². The Hall–Kier alpha value is -2.58. The van der Waals surface area contributed by atoms with E-state index in [1.54, 1.807) is 32.9 Å². The van der Waals surface area contributed by atoms with Crippen LogP contribution in [0.5, 0.6) is 0 Å². The molecular weight excluding hydrogens is 450 g/mol. The van der Waals surface area contributed by atoms with E-state index in [-0.39, 0.29) is 12.5 Å². The van der Waals surface area contributed by atoms with Gasteiger partial charge in [-0.3, -0.25) is 13.9 Å². The number of sulfonamides is 1. The number of halogens is 1. The molecular formula is C23H30ClN3O4S. The molecule has 174 valence electrons. The van der Waals surface area contributed by atoms with E-state index in [4.69, 9.17) is 11.6 Å². The fraction of sp³-hybridized carbons (Fsp3) is 0.391. The zero-order valence-electron chi connectivity index (χ0n) is 18.8. The van der Waals surface area contributed by atoms with Gasteiger partial charge in [0.15, 0.2) is 0 Å². The summed E-state index contributed by atoms with van der Waals surface area (Å²) >= 11 is 6.18. The van der Waals surface area contributed by atoms with Crippen molar-refractivity contribution in [3.8, 4) is 0 Å². The Morgan fingerprint density at radius 3 is 2.34 bits per heavy atom. The van der Waals surface area contributed by atoms with E-state index in [0.717, 1.165) is 21.7 Å². The first kappa shape index (κ1) is 25.7. The molecule has 9 heteroatoms. The molecule has 2 amide bonds. The zero-order valence-corrected chi connectivity index (χ0v) is 20.4. The highest BCUT2D eigenvalue weighted by molar-refractivity contribution is 7.92. The molecule has 2 aromatic rings. The van der Waals surface area contributed by atoms with Gasteiger partial charge >= 0.3 is 0 Å². The Labute approximate surface area is 195 Å². The molecule has 0 heterocycles. The number of likely N-dealkylation sites (N-methyl/N-ethyl adjacent to an activating group) is 1. The van der Waals surface area contributed by atoms with Gasteiger partial charge in [-0.2, -0.15) is 0 Å². The van der Waals surface area contributed by atoms with Crippen LogP contribution in [0.2, 0.25) is 5.02 Å². The Kier molecular flexibility index (Phi) is 9.09. The summed E-state index contributed by atoms with van der Waals surface area (Å²) in [5.41, 5.74) is 2.10. The van der Waals surface area contributed by atoms with Crippen molar-refractivity contribution in [3.05, 3.63) is 64.7 Å². The minimum atomic E-state index is -3.77. The maximum atomic E-state index is 13.3. The van der Waals surface area contributed by atoms with Crippen molar-refractivity contribution in [1.29, 1.82) is 0 Å². The second-order valence-corrected chi connectivity index (χ2v) is 9.91. The summed E-state index contributed by atoms with van der Waals surface area (Å²) in [7, 11) is -3.77. The number of nitrogens with one attached hydrogen (secondary N) is 1. The second-order valence-electron chi connectivity index (χ2n) is 7.60. The average Bonchev–Trinajstić information content (AvgIpc) is 2.74. The Morgan fingerprint density at radius 2 is 1.78 bits per heavy atom. The topological polar surface area (TPSA) is 86.8 Å². The van der Waals surface area contributed by atoms with E-state index in [2.05, 4.69) is 5.32 Å². The van der Waals surface area contributed by atoms with Crippen molar-refractivity contribution >= 4 is 39.1 Å². The van der Waals surface area contributed by atoms with Gasteiger partial charge in [-0.1, -0.05) is 48.0 Å².